The van der Waals surface area contributed by atoms with Gasteiger partial charge in [-0.15, -0.1) is 6.58 Å². The molecule has 1 aromatic heterocycles. The second-order valence-corrected chi connectivity index (χ2v) is 23.1. The number of nitrogens with zero attached hydrogens (tertiary/aromatic N) is 2. The first kappa shape index (κ1) is 42.4. The second-order valence-electron chi connectivity index (χ2n) is 18.0. The number of carbonyl (C=O) groups is 2. The van der Waals surface area contributed by atoms with Gasteiger partial charge >= 0.3 is 0 Å². The van der Waals surface area contributed by atoms with E-state index in [0.717, 1.165) is 56.3 Å². The quantitative estimate of drug-likeness (QED) is 0.0663. The van der Waals surface area contributed by atoms with Crippen LogP contribution in [0.15, 0.2) is 53.1 Å². The first-order chi connectivity index (χ1) is 27.7. The van der Waals surface area contributed by atoms with E-state index in [4.69, 9.17) is 30.0 Å². The lowest BCUT2D eigenvalue weighted by molar-refractivity contribution is -0.138. The van der Waals surface area contributed by atoms with Gasteiger partial charge in [0.25, 0.3) is 5.88 Å². The molecule has 0 radical (unpaired) electrons. The maximum absolute atomic E-state index is 15.8. The number of ketones is 2. The summed E-state index contributed by atoms with van der Waals surface area (Å²) in [4.78, 5) is 33.6. The van der Waals surface area contributed by atoms with E-state index in [-0.39, 0.29) is 27.8 Å². The molecule has 0 saturated heterocycles. The smallest absolute Gasteiger partial charge is 0.265 e. The highest BCUT2D eigenvalue weighted by Gasteiger charge is 2.68. The average Bonchev–Trinajstić information content (AvgIpc) is 3.60. The molecule has 7 rings (SSSR count). The van der Waals surface area contributed by atoms with Gasteiger partial charge in [-0.1, -0.05) is 89.4 Å². The zero-order chi connectivity index (χ0) is 41.6. The number of unbranched alkanes of at least 4 members (excludes halogenated alkanes) is 2. The molecule has 3 aliphatic carbocycles. The van der Waals surface area contributed by atoms with Crippen molar-refractivity contribution in [3.8, 4) is 11.6 Å². The van der Waals surface area contributed by atoms with E-state index in [1.54, 1.807) is 6.08 Å². The minimum atomic E-state index is -2.88. The van der Waals surface area contributed by atoms with Crippen LogP contribution in [0.5, 0.6) is 11.6 Å². The number of Topliss-reactive ketones (excluding diaryl/α,β-unsaturated/α-hetero) is 2. The van der Waals surface area contributed by atoms with Crippen LogP contribution in [0.4, 0.5) is 0 Å². The number of benzene rings is 2. The third-order valence-electron chi connectivity index (χ3n) is 13.1. The van der Waals surface area contributed by atoms with Crippen LogP contribution in [0.25, 0.3) is 5.76 Å². The Morgan fingerprint density at radius 2 is 1.79 bits per heavy atom. The Kier molecular flexibility index (Phi) is 12.2. The number of halogens is 1. The fraction of sp³-hybridized carbons (Fsp3) is 0.543. The SMILES string of the molecule is C=CCN[C@@H]1c2onc(OCCCC)c2C(=O)[C@@]2(O[Si](C)(C)C(C)(C)C)C(=O)C3=C(O)c4c(OCCCC)cc(CN5CCc6ccccc6C5)c(Cl)c4C[C@H]3C[C@@H]12. The average molecular weight is 831 g/mol. The molecule has 58 heavy (non-hydrogen) atoms. The summed E-state index contributed by atoms with van der Waals surface area (Å²) >= 11 is 7.42. The van der Waals surface area contributed by atoms with Crippen molar-refractivity contribution in [3.05, 3.63) is 92.7 Å². The van der Waals surface area contributed by atoms with Gasteiger partial charge in [0, 0.05) is 42.7 Å². The molecule has 0 amide bonds. The van der Waals surface area contributed by atoms with Gasteiger partial charge in [-0.05, 0) is 89.6 Å². The maximum atomic E-state index is 15.8. The fourth-order valence-electron chi connectivity index (χ4n) is 8.99. The summed E-state index contributed by atoms with van der Waals surface area (Å²) in [6.45, 7) is 21.9. The zero-order valence-corrected chi connectivity index (χ0v) is 37.0. The summed E-state index contributed by atoms with van der Waals surface area (Å²) in [6, 6.07) is 9.86. The Hall–Kier alpha value is -3.74. The Balaban J connectivity index is 1.38. The Labute approximate surface area is 349 Å². The number of nitrogens with one attached hydrogen (secondary N) is 1. The Morgan fingerprint density at radius 3 is 2.48 bits per heavy atom. The summed E-state index contributed by atoms with van der Waals surface area (Å²) in [7, 11) is -2.88. The number of hydrogen-bond donors (Lipinski definition) is 2. The van der Waals surface area contributed by atoms with Crippen molar-refractivity contribution >= 4 is 37.2 Å². The predicted molar refractivity (Wildman–Crippen MR) is 229 cm³/mol. The second kappa shape index (κ2) is 16.7. The van der Waals surface area contributed by atoms with E-state index in [2.05, 4.69) is 80.8 Å². The first-order valence-electron chi connectivity index (χ1n) is 21.1. The number of fused-ring (bicyclic) bond motifs is 5. The minimum absolute atomic E-state index is 0.0562. The van der Waals surface area contributed by atoms with Crippen LogP contribution in [-0.4, -0.2) is 67.0 Å². The third kappa shape index (κ3) is 7.39. The number of carbonyl (C=O) groups excluding carboxylic acids is 2. The van der Waals surface area contributed by atoms with E-state index in [9.17, 15) is 5.11 Å². The standard InChI is InChI=1S/C46H60ClN3O7Si/c1-9-12-21-54-34-25-31(27-50-20-18-28-16-14-15-17-29(28)26-50)38(47)32-23-30-24-33-39(48-19-11-3)41-37(44(49-56-41)55-22-13-10-2)43(53)46(33,57-58(7,8)45(4,5)6)42(52)35(30)40(51)36(32)34/h11,14-17,25,30,33,39,48,51H,3,9-10,12-13,18-24,26-27H2,1-2,4-8H3/t30-,33-,39-,46-/m0/s1. The molecule has 12 heteroatoms. The van der Waals surface area contributed by atoms with E-state index in [0.29, 0.717) is 61.2 Å². The van der Waals surface area contributed by atoms with E-state index in [1.807, 2.05) is 19.2 Å². The fourth-order valence-corrected chi connectivity index (χ4v) is 10.7. The number of rotatable bonds is 15. The normalized spacial score (nSPS) is 23.1. The zero-order valence-electron chi connectivity index (χ0n) is 35.3. The van der Waals surface area contributed by atoms with Gasteiger partial charge in [0.15, 0.2) is 19.7 Å². The van der Waals surface area contributed by atoms with Gasteiger partial charge in [0.05, 0.1) is 24.8 Å². The van der Waals surface area contributed by atoms with Gasteiger partial charge < -0.3 is 28.8 Å². The molecular weight excluding hydrogens is 770 g/mol. The number of aromatic nitrogens is 1. The molecule has 4 aliphatic rings. The van der Waals surface area contributed by atoms with Crippen molar-refractivity contribution in [1.82, 2.24) is 15.4 Å². The molecule has 0 bridgehead atoms. The molecule has 10 nitrogen and oxygen atoms in total. The molecule has 4 atom stereocenters. The number of ether oxygens (including phenoxy) is 2. The molecule has 1 aliphatic heterocycles. The molecule has 312 valence electrons. The largest absolute Gasteiger partial charge is 0.507 e. The molecule has 1 fully saturated rings. The van der Waals surface area contributed by atoms with Gasteiger partial charge in [-0.2, -0.15) is 0 Å². The Morgan fingerprint density at radius 1 is 1.09 bits per heavy atom. The molecular formula is C46H60ClN3O7Si. The lowest BCUT2D eigenvalue weighted by Crippen LogP contribution is -2.68. The predicted octanol–water partition coefficient (Wildman–Crippen LogP) is 9.75. The van der Waals surface area contributed by atoms with Crippen LogP contribution < -0.4 is 14.8 Å². The molecule has 2 heterocycles. The van der Waals surface area contributed by atoms with Gasteiger partial charge in [-0.3, -0.25) is 14.5 Å². The van der Waals surface area contributed by atoms with Crippen molar-refractivity contribution in [1.29, 1.82) is 0 Å². The molecule has 2 N–H and O–H groups in total. The molecule has 0 spiro atoms. The monoisotopic (exact) mass is 829 g/mol. The van der Waals surface area contributed by atoms with Gasteiger partial charge in [0.1, 0.15) is 17.1 Å². The molecule has 3 aromatic rings. The highest BCUT2D eigenvalue weighted by Crippen LogP contribution is 2.58. The topological polar surface area (TPSA) is 123 Å². The lowest BCUT2D eigenvalue weighted by Gasteiger charge is -2.54. The Bertz CT molecular complexity index is 2100. The number of hydrogen-bond acceptors (Lipinski definition) is 10. The highest BCUT2D eigenvalue weighted by atomic mass is 35.5. The van der Waals surface area contributed by atoms with Crippen molar-refractivity contribution in [2.45, 2.75) is 122 Å². The summed E-state index contributed by atoms with van der Waals surface area (Å²) in [6.07, 6.45) is 6.78. The minimum Gasteiger partial charge on any atom is -0.507 e. The van der Waals surface area contributed by atoms with Crippen LogP contribution in [0, 0.1) is 11.8 Å². The van der Waals surface area contributed by atoms with Crippen LogP contribution in [-0.2, 0) is 35.2 Å². The van der Waals surface area contributed by atoms with Gasteiger partial charge in [0.2, 0.25) is 11.6 Å². The van der Waals surface area contributed by atoms with Crippen molar-refractivity contribution in [2.75, 3.05) is 26.3 Å². The lowest BCUT2D eigenvalue weighted by atomic mass is 9.57. The number of aliphatic hydroxyl groups is 1. The van der Waals surface area contributed by atoms with Crippen LogP contribution in [0.3, 0.4) is 0 Å². The maximum Gasteiger partial charge on any atom is 0.265 e. The third-order valence-corrected chi connectivity index (χ3v) is 18.0. The van der Waals surface area contributed by atoms with Gasteiger partial charge in [-0.25, -0.2) is 0 Å². The molecule has 0 unspecified atom stereocenters. The van der Waals surface area contributed by atoms with Crippen molar-refractivity contribution in [3.63, 3.8) is 0 Å². The summed E-state index contributed by atoms with van der Waals surface area (Å²) in [5.74, 6) is -1.56. The van der Waals surface area contributed by atoms with Crippen molar-refractivity contribution < 1.29 is 33.1 Å². The van der Waals surface area contributed by atoms with E-state index < -0.39 is 43.4 Å². The van der Waals surface area contributed by atoms with E-state index >= 15 is 9.59 Å². The summed E-state index contributed by atoms with van der Waals surface area (Å²) in [5.41, 5.74) is 3.09. The van der Waals surface area contributed by atoms with Crippen LogP contribution in [0.2, 0.25) is 23.2 Å². The highest BCUT2D eigenvalue weighted by molar-refractivity contribution is 6.74. The summed E-state index contributed by atoms with van der Waals surface area (Å²) in [5, 5.41) is 20.6. The first-order valence-corrected chi connectivity index (χ1v) is 24.4. The molecule has 1 saturated carbocycles. The van der Waals surface area contributed by atoms with E-state index in [1.165, 1.54) is 11.1 Å². The summed E-state index contributed by atoms with van der Waals surface area (Å²) < 4.78 is 25.8. The molecule has 2 aromatic carbocycles. The van der Waals surface area contributed by atoms with Crippen LogP contribution in [0.1, 0.15) is 117 Å². The van der Waals surface area contributed by atoms with Crippen LogP contribution >= 0.6 is 11.6 Å². The number of aliphatic hydroxyl groups excluding tert-OH is 1. The van der Waals surface area contributed by atoms with Crippen molar-refractivity contribution in [2.24, 2.45) is 11.8 Å².